The van der Waals surface area contributed by atoms with E-state index in [1.807, 2.05) is 23.7 Å². The van der Waals surface area contributed by atoms with E-state index in [0.717, 1.165) is 19.5 Å². The zero-order valence-corrected chi connectivity index (χ0v) is 10.1. The number of nitrogens with one attached hydrogen (secondary N) is 1. The number of hydrogen-bond donors (Lipinski definition) is 3. The molecule has 0 spiro atoms. The Morgan fingerprint density at radius 1 is 1.41 bits per heavy atom. The molecule has 0 heterocycles. The highest BCUT2D eigenvalue weighted by Crippen LogP contribution is 2.02. The van der Waals surface area contributed by atoms with Crippen LogP contribution in [0, 0.1) is 0 Å². The first-order valence-electron chi connectivity index (χ1n) is 5.65. The summed E-state index contributed by atoms with van der Waals surface area (Å²) in [6.45, 7) is 2.48. The van der Waals surface area contributed by atoms with Gasteiger partial charge in [-0.15, -0.1) is 0 Å². The lowest BCUT2D eigenvalue weighted by molar-refractivity contribution is 0.232. The van der Waals surface area contributed by atoms with Crippen LogP contribution in [0.1, 0.15) is 12.0 Å². The second kappa shape index (κ2) is 7.65. The molecular formula is C12H20N4O. The van der Waals surface area contributed by atoms with E-state index in [1.165, 1.54) is 5.56 Å². The van der Waals surface area contributed by atoms with Crippen molar-refractivity contribution in [3.8, 4) is 0 Å². The fraction of sp³-hybridized carbons (Fsp3) is 0.417. The largest absolute Gasteiger partial charge is 0.368 e. The SMILES string of the molecule is CN(CCCN=C(N)NO)Cc1ccccc1. The number of benzene rings is 1. The molecular weight excluding hydrogens is 216 g/mol. The van der Waals surface area contributed by atoms with Crippen LogP contribution < -0.4 is 11.2 Å². The number of hydroxylamine groups is 1. The molecule has 4 N–H and O–H groups in total. The molecule has 0 saturated carbocycles. The van der Waals surface area contributed by atoms with Gasteiger partial charge in [0.25, 0.3) is 0 Å². The summed E-state index contributed by atoms with van der Waals surface area (Å²) in [6.07, 6.45) is 0.908. The van der Waals surface area contributed by atoms with Crippen LogP contribution in [0.15, 0.2) is 35.3 Å². The van der Waals surface area contributed by atoms with Gasteiger partial charge in [-0.2, -0.15) is 0 Å². The Morgan fingerprint density at radius 3 is 2.76 bits per heavy atom. The Bertz CT molecular complexity index is 340. The quantitative estimate of drug-likeness (QED) is 0.296. The molecule has 5 heteroatoms. The molecule has 17 heavy (non-hydrogen) atoms. The van der Waals surface area contributed by atoms with E-state index >= 15 is 0 Å². The van der Waals surface area contributed by atoms with E-state index in [1.54, 1.807) is 0 Å². The third-order valence-corrected chi connectivity index (χ3v) is 2.39. The molecule has 0 bridgehead atoms. The Morgan fingerprint density at radius 2 is 2.12 bits per heavy atom. The molecule has 0 aliphatic heterocycles. The van der Waals surface area contributed by atoms with Crippen LogP contribution >= 0.6 is 0 Å². The summed E-state index contributed by atoms with van der Waals surface area (Å²) >= 11 is 0. The Balaban J connectivity index is 2.20. The Kier molecular flexibility index (Phi) is 6.06. The fourth-order valence-corrected chi connectivity index (χ4v) is 1.55. The van der Waals surface area contributed by atoms with Crippen molar-refractivity contribution in [2.75, 3.05) is 20.1 Å². The highest BCUT2D eigenvalue weighted by molar-refractivity contribution is 5.76. The van der Waals surface area contributed by atoms with Gasteiger partial charge in [-0.25, -0.2) is 5.48 Å². The van der Waals surface area contributed by atoms with Gasteiger partial charge in [-0.05, 0) is 25.6 Å². The first-order valence-corrected chi connectivity index (χ1v) is 5.65. The van der Waals surface area contributed by atoms with Gasteiger partial charge in [-0.3, -0.25) is 10.2 Å². The molecule has 5 nitrogen and oxygen atoms in total. The summed E-state index contributed by atoms with van der Waals surface area (Å²) < 4.78 is 0. The van der Waals surface area contributed by atoms with E-state index in [0.29, 0.717) is 6.54 Å². The molecule has 0 unspecified atom stereocenters. The lowest BCUT2D eigenvalue weighted by Crippen LogP contribution is -2.28. The van der Waals surface area contributed by atoms with Crippen molar-refractivity contribution in [3.63, 3.8) is 0 Å². The summed E-state index contributed by atoms with van der Waals surface area (Å²) in [4.78, 5) is 6.16. The van der Waals surface area contributed by atoms with Gasteiger partial charge in [-0.1, -0.05) is 30.3 Å². The fourth-order valence-electron chi connectivity index (χ4n) is 1.55. The second-order valence-corrected chi connectivity index (χ2v) is 3.96. The molecule has 0 fully saturated rings. The number of rotatable bonds is 6. The summed E-state index contributed by atoms with van der Waals surface area (Å²) in [5, 5.41) is 8.42. The molecule has 1 aromatic carbocycles. The maximum Gasteiger partial charge on any atom is 0.212 e. The van der Waals surface area contributed by atoms with Gasteiger partial charge in [0.05, 0.1) is 0 Å². The third kappa shape index (κ3) is 5.89. The number of aliphatic imine (C=N–C) groups is 1. The Hall–Kier alpha value is -1.59. The number of hydrogen-bond acceptors (Lipinski definition) is 3. The van der Waals surface area contributed by atoms with Crippen LogP contribution in [0.3, 0.4) is 0 Å². The first kappa shape index (κ1) is 13.5. The Labute approximate surface area is 102 Å². The minimum Gasteiger partial charge on any atom is -0.368 e. The molecule has 0 radical (unpaired) electrons. The first-order chi connectivity index (χ1) is 8.22. The lowest BCUT2D eigenvalue weighted by atomic mass is 10.2. The zero-order valence-electron chi connectivity index (χ0n) is 10.1. The molecule has 0 aliphatic rings. The predicted molar refractivity (Wildman–Crippen MR) is 68.8 cm³/mol. The van der Waals surface area contributed by atoms with E-state index in [2.05, 4.69) is 29.1 Å². The minimum atomic E-state index is 0.0655. The van der Waals surface area contributed by atoms with Crippen molar-refractivity contribution in [2.45, 2.75) is 13.0 Å². The van der Waals surface area contributed by atoms with Crippen LogP contribution in [0.25, 0.3) is 0 Å². The minimum absolute atomic E-state index is 0.0655. The van der Waals surface area contributed by atoms with Gasteiger partial charge >= 0.3 is 0 Å². The monoisotopic (exact) mass is 236 g/mol. The summed E-state index contributed by atoms with van der Waals surface area (Å²) in [5.74, 6) is 0.0655. The molecule has 0 atom stereocenters. The number of nitrogens with two attached hydrogens (primary N) is 1. The van der Waals surface area contributed by atoms with Crippen LogP contribution in [0.4, 0.5) is 0 Å². The molecule has 1 aromatic rings. The van der Waals surface area contributed by atoms with E-state index in [9.17, 15) is 0 Å². The summed E-state index contributed by atoms with van der Waals surface area (Å²) in [6, 6.07) is 10.3. The highest BCUT2D eigenvalue weighted by Gasteiger charge is 1.99. The normalized spacial score (nSPS) is 11.8. The molecule has 94 valence electrons. The second-order valence-electron chi connectivity index (χ2n) is 3.96. The number of guanidine groups is 1. The van der Waals surface area contributed by atoms with Crippen molar-refractivity contribution in [1.29, 1.82) is 0 Å². The molecule has 1 rings (SSSR count). The standard InChI is InChI=1S/C12H20N4O/c1-16(9-5-8-14-12(13)15-17)10-11-6-3-2-4-7-11/h2-4,6-7,17H,5,8-10H2,1H3,(H3,13,14,15). The van der Waals surface area contributed by atoms with E-state index in [-0.39, 0.29) is 5.96 Å². The zero-order chi connectivity index (χ0) is 12.5. The van der Waals surface area contributed by atoms with Gasteiger partial charge in [0, 0.05) is 13.1 Å². The smallest absolute Gasteiger partial charge is 0.212 e. The molecule has 0 amide bonds. The van der Waals surface area contributed by atoms with Gasteiger partial charge in [0.1, 0.15) is 0 Å². The third-order valence-electron chi connectivity index (χ3n) is 2.39. The van der Waals surface area contributed by atoms with Crippen molar-refractivity contribution in [1.82, 2.24) is 10.4 Å². The van der Waals surface area contributed by atoms with E-state index in [4.69, 9.17) is 10.9 Å². The van der Waals surface area contributed by atoms with Crippen LogP contribution in [-0.2, 0) is 6.54 Å². The van der Waals surface area contributed by atoms with Crippen molar-refractivity contribution in [3.05, 3.63) is 35.9 Å². The van der Waals surface area contributed by atoms with Gasteiger partial charge < -0.3 is 10.6 Å². The topological polar surface area (TPSA) is 73.9 Å². The van der Waals surface area contributed by atoms with Crippen LogP contribution in [-0.4, -0.2) is 36.2 Å². The maximum atomic E-state index is 8.42. The summed E-state index contributed by atoms with van der Waals surface area (Å²) in [7, 11) is 2.07. The van der Waals surface area contributed by atoms with Crippen molar-refractivity contribution >= 4 is 5.96 Å². The maximum absolute atomic E-state index is 8.42. The number of nitrogens with zero attached hydrogens (tertiary/aromatic N) is 2. The summed E-state index contributed by atoms with van der Waals surface area (Å²) in [5.41, 5.74) is 8.40. The molecule has 0 aromatic heterocycles. The van der Waals surface area contributed by atoms with Gasteiger partial charge in [0.15, 0.2) is 0 Å². The van der Waals surface area contributed by atoms with E-state index < -0.39 is 0 Å². The molecule has 0 saturated heterocycles. The van der Waals surface area contributed by atoms with Crippen LogP contribution in [0.5, 0.6) is 0 Å². The highest BCUT2D eigenvalue weighted by atomic mass is 16.5. The average Bonchev–Trinajstić information content (AvgIpc) is 2.35. The van der Waals surface area contributed by atoms with Gasteiger partial charge in [0.2, 0.25) is 5.96 Å². The predicted octanol–water partition coefficient (Wildman–Crippen LogP) is 0.802. The van der Waals surface area contributed by atoms with Crippen molar-refractivity contribution in [2.24, 2.45) is 10.7 Å². The average molecular weight is 236 g/mol. The van der Waals surface area contributed by atoms with Crippen LogP contribution in [0.2, 0.25) is 0 Å². The van der Waals surface area contributed by atoms with Crippen molar-refractivity contribution < 1.29 is 5.21 Å². The molecule has 0 aliphatic carbocycles. The lowest BCUT2D eigenvalue weighted by Gasteiger charge is -2.15.